The molecule has 0 saturated carbocycles. The van der Waals surface area contributed by atoms with Crippen molar-refractivity contribution in [3.8, 4) is 0 Å². The summed E-state index contributed by atoms with van der Waals surface area (Å²) in [4.78, 5) is 4.40. The van der Waals surface area contributed by atoms with Crippen LogP contribution in [0.4, 0.5) is 13.2 Å². The first-order valence-electron chi connectivity index (χ1n) is 8.00. The molecule has 1 aromatic carbocycles. The van der Waals surface area contributed by atoms with E-state index in [0.29, 0.717) is 27.8 Å². The molecule has 0 saturated heterocycles. The van der Waals surface area contributed by atoms with E-state index in [1.807, 2.05) is 0 Å². The molecule has 0 amide bonds. The van der Waals surface area contributed by atoms with Gasteiger partial charge in [-0.25, -0.2) is 4.98 Å². The molecule has 9 heteroatoms. The first kappa shape index (κ1) is 18.7. The Labute approximate surface area is 153 Å². The third kappa shape index (κ3) is 3.31. The van der Waals surface area contributed by atoms with E-state index in [-0.39, 0.29) is 12.1 Å². The maximum atomic E-state index is 13.7. The van der Waals surface area contributed by atoms with Gasteiger partial charge in [-0.05, 0) is 32.0 Å². The van der Waals surface area contributed by atoms with Crippen LogP contribution in [0, 0.1) is 13.8 Å². The minimum atomic E-state index is -4.45. The summed E-state index contributed by atoms with van der Waals surface area (Å²) in [5, 5.41) is 7.24. The Morgan fingerprint density at radius 3 is 2.50 bits per heavy atom. The lowest BCUT2D eigenvalue weighted by molar-refractivity contribution is -0.158. The Hall–Kier alpha value is -2.06. The van der Waals surface area contributed by atoms with Crippen molar-refractivity contribution in [2.45, 2.75) is 32.6 Å². The van der Waals surface area contributed by atoms with Crippen LogP contribution in [0.1, 0.15) is 28.8 Å². The summed E-state index contributed by atoms with van der Waals surface area (Å²) in [5.41, 5.74) is 2.45. The quantitative estimate of drug-likeness (QED) is 0.739. The number of hydrogen-bond acceptors (Lipinski definition) is 3. The number of fused-ring (bicyclic) bond motifs is 1. The van der Waals surface area contributed by atoms with E-state index in [2.05, 4.69) is 15.4 Å². The molecule has 0 aliphatic rings. The standard InChI is InChI=1S/C17H19ClF3N5/c1-9-15(10(2)26(4)24-9)16(17(19,20)21)22-8-14-23-12-7-11(18)5-6-13(12)25(14)3/h5-7,16,22H,8H2,1-4H3/t16-/m0/s1. The fourth-order valence-corrected chi connectivity index (χ4v) is 3.33. The molecule has 0 radical (unpaired) electrons. The zero-order valence-corrected chi connectivity index (χ0v) is 15.6. The first-order valence-corrected chi connectivity index (χ1v) is 8.38. The van der Waals surface area contributed by atoms with Crippen molar-refractivity contribution in [3.63, 3.8) is 0 Å². The monoisotopic (exact) mass is 385 g/mol. The van der Waals surface area contributed by atoms with Crippen LogP contribution in [0.15, 0.2) is 18.2 Å². The van der Waals surface area contributed by atoms with Gasteiger partial charge in [0.15, 0.2) is 0 Å². The molecule has 5 nitrogen and oxygen atoms in total. The van der Waals surface area contributed by atoms with Crippen molar-refractivity contribution in [2.24, 2.45) is 14.1 Å². The van der Waals surface area contributed by atoms with Gasteiger partial charge in [0, 0.05) is 30.4 Å². The molecule has 140 valence electrons. The van der Waals surface area contributed by atoms with Gasteiger partial charge in [-0.15, -0.1) is 0 Å². The van der Waals surface area contributed by atoms with Crippen molar-refractivity contribution in [1.29, 1.82) is 0 Å². The van der Waals surface area contributed by atoms with E-state index in [9.17, 15) is 13.2 Å². The molecule has 0 bridgehead atoms. The number of rotatable bonds is 4. The van der Waals surface area contributed by atoms with Crippen molar-refractivity contribution < 1.29 is 13.2 Å². The highest BCUT2D eigenvalue weighted by atomic mass is 35.5. The smallest absolute Gasteiger partial charge is 0.330 e. The highest BCUT2D eigenvalue weighted by molar-refractivity contribution is 6.31. The zero-order valence-electron chi connectivity index (χ0n) is 14.8. The number of imidazole rings is 1. The maximum Gasteiger partial charge on any atom is 0.408 e. The largest absolute Gasteiger partial charge is 0.408 e. The lowest BCUT2D eigenvalue weighted by atomic mass is 10.0. The molecule has 0 fully saturated rings. The molecule has 2 aromatic heterocycles. The minimum Gasteiger partial charge on any atom is -0.330 e. The van der Waals surface area contributed by atoms with Crippen LogP contribution in [0.25, 0.3) is 11.0 Å². The van der Waals surface area contributed by atoms with Gasteiger partial charge in [0.2, 0.25) is 0 Å². The first-order chi connectivity index (χ1) is 12.1. The summed E-state index contributed by atoms with van der Waals surface area (Å²) in [5.74, 6) is 0.496. The van der Waals surface area contributed by atoms with Gasteiger partial charge in [0.25, 0.3) is 0 Å². The fourth-order valence-electron chi connectivity index (χ4n) is 3.16. The molecule has 0 aliphatic heterocycles. The van der Waals surface area contributed by atoms with Gasteiger partial charge in [-0.1, -0.05) is 11.6 Å². The second-order valence-corrected chi connectivity index (χ2v) is 6.72. The lowest BCUT2D eigenvalue weighted by Gasteiger charge is -2.22. The Bertz CT molecular complexity index is 958. The highest BCUT2D eigenvalue weighted by Gasteiger charge is 2.43. The summed E-state index contributed by atoms with van der Waals surface area (Å²) in [7, 11) is 3.40. The number of nitrogens with zero attached hydrogens (tertiary/aromatic N) is 4. The molecule has 0 unspecified atom stereocenters. The molecule has 3 rings (SSSR count). The number of aryl methyl sites for hydroxylation is 3. The van der Waals surface area contributed by atoms with Crippen molar-refractivity contribution in [2.75, 3.05) is 0 Å². The summed E-state index contributed by atoms with van der Waals surface area (Å²) < 4.78 is 44.3. The average molecular weight is 386 g/mol. The van der Waals surface area contributed by atoms with Crippen LogP contribution < -0.4 is 5.32 Å². The van der Waals surface area contributed by atoms with Crippen molar-refractivity contribution >= 4 is 22.6 Å². The Morgan fingerprint density at radius 2 is 1.92 bits per heavy atom. The maximum absolute atomic E-state index is 13.7. The van der Waals surface area contributed by atoms with E-state index in [0.717, 1.165) is 5.52 Å². The van der Waals surface area contributed by atoms with Gasteiger partial charge in [-0.2, -0.15) is 18.3 Å². The predicted molar refractivity (Wildman–Crippen MR) is 94.0 cm³/mol. The molecule has 0 aliphatic carbocycles. The van der Waals surface area contributed by atoms with E-state index in [4.69, 9.17) is 11.6 Å². The second-order valence-electron chi connectivity index (χ2n) is 6.28. The van der Waals surface area contributed by atoms with Crippen LogP contribution in [-0.2, 0) is 20.6 Å². The second kappa shape index (κ2) is 6.59. The number of halogens is 4. The van der Waals surface area contributed by atoms with E-state index >= 15 is 0 Å². The van der Waals surface area contributed by atoms with Crippen LogP contribution in [-0.4, -0.2) is 25.5 Å². The zero-order chi connectivity index (χ0) is 19.2. The minimum absolute atomic E-state index is 0.0409. The van der Waals surface area contributed by atoms with Gasteiger partial charge < -0.3 is 4.57 Å². The van der Waals surface area contributed by atoms with Crippen LogP contribution in [0.5, 0.6) is 0 Å². The van der Waals surface area contributed by atoms with Crippen molar-refractivity contribution in [3.05, 3.63) is 46.0 Å². The molecule has 26 heavy (non-hydrogen) atoms. The van der Waals surface area contributed by atoms with Crippen molar-refractivity contribution in [1.82, 2.24) is 24.6 Å². The highest BCUT2D eigenvalue weighted by Crippen LogP contribution is 2.36. The Balaban J connectivity index is 1.93. The Morgan fingerprint density at radius 1 is 1.23 bits per heavy atom. The summed E-state index contributed by atoms with van der Waals surface area (Å²) in [6.45, 7) is 3.17. The van der Waals surface area contributed by atoms with E-state index in [1.165, 1.54) is 4.68 Å². The summed E-state index contributed by atoms with van der Waals surface area (Å²) in [6, 6.07) is 3.39. The molecular weight excluding hydrogens is 367 g/mol. The molecule has 0 spiro atoms. The number of alkyl halides is 3. The van der Waals surface area contributed by atoms with E-state index in [1.54, 1.807) is 50.7 Å². The van der Waals surface area contributed by atoms with Gasteiger partial charge in [0.05, 0.1) is 23.3 Å². The molecule has 1 N–H and O–H groups in total. The summed E-state index contributed by atoms with van der Waals surface area (Å²) >= 11 is 5.96. The third-order valence-corrected chi connectivity index (χ3v) is 4.82. The average Bonchev–Trinajstić information content (AvgIpc) is 2.97. The molecular formula is C17H19ClF3N5. The van der Waals surface area contributed by atoms with Crippen LogP contribution in [0.3, 0.4) is 0 Å². The molecule has 1 atom stereocenters. The van der Waals surface area contributed by atoms with Gasteiger partial charge in [0.1, 0.15) is 11.9 Å². The van der Waals surface area contributed by atoms with Crippen LogP contribution in [0.2, 0.25) is 5.02 Å². The summed E-state index contributed by atoms with van der Waals surface area (Å²) in [6.07, 6.45) is -4.45. The number of hydrogen-bond donors (Lipinski definition) is 1. The van der Waals surface area contributed by atoms with Gasteiger partial charge in [-0.3, -0.25) is 10.00 Å². The Kier molecular flexibility index (Phi) is 4.74. The molecule has 2 heterocycles. The predicted octanol–water partition coefficient (Wildman–Crippen LogP) is 3.97. The topological polar surface area (TPSA) is 47.7 Å². The number of nitrogens with one attached hydrogen (secondary N) is 1. The number of benzene rings is 1. The normalized spacial score (nSPS) is 13.5. The third-order valence-electron chi connectivity index (χ3n) is 4.58. The fraction of sp³-hybridized carbons (Fsp3) is 0.412. The SMILES string of the molecule is Cc1nn(C)c(C)c1[C@H](NCc1nc2cc(Cl)ccc2n1C)C(F)(F)F. The number of aromatic nitrogens is 4. The lowest BCUT2D eigenvalue weighted by Crippen LogP contribution is -2.35. The van der Waals surface area contributed by atoms with Gasteiger partial charge >= 0.3 is 6.18 Å². The molecule has 3 aromatic rings. The van der Waals surface area contributed by atoms with E-state index < -0.39 is 12.2 Å². The van der Waals surface area contributed by atoms with Crippen LogP contribution >= 0.6 is 11.6 Å².